The quantitative estimate of drug-likeness (QED) is 0.726. The molecule has 1 aliphatic carbocycles. The first-order valence-corrected chi connectivity index (χ1v) is 7.15. The Labute approximate surface area is 112 Å². The summed E-state index contributed by atoms with van der Waals surface area (Å²) >= 11 is 2.32. The van der Waals surface area contributed by atoms with Gasteiger partial charge in [0.15, 0.2) is 0 Å². The summed E-state index contributed by atoms with van der Waals surface area (Å²) in [5.74, 6) is 2.67. The van der Waals surface area contributed by atoms with Gasteiger partial charge in [0.1, 0.15) is 5.75 Å². The molecule has 0 amide bonds. The van der Waals surface area contributed by atoms with Gasteiger partial charge in [-0.25, -0.2) is 0 Å². The molecule has 1 nitrogen and oxygen atoms in total. The molecular formula is C14H19IO. The zero-order chi connectivity index (χ0) is 11.5. The van der Waals surface area contributed by atoms with Crippen molar-refractivity contribution in [2.24, 2.45) is 11.8 Å². The highest BCUT2D eigenvalue weighted by atomic mass is 127. The Hall–Kier alpha value is -0.250. The summed E-state index contributed by atoms with van der Waals surface area (Å²) in [5, 5.41) is 0. The summed E-state index contributed by atoms with van der Waals surface area (Å²) in [6.07, 6.45) is 4.13. The number of hydrogen-bond donors (Lipinski definition) is 0. The lowest BCUT2D eigenvalue weighted by molar-refractivity contribution is 0.101. The van der Waals surface area contributed by atoms with Crippen LogP contribution in [0.2, 0.25) is 0 Å². The zero-order valence-electron chi connectivity index (χ0n) is 9.95. The van der Waals surface area contributed by atoms with Crippen LogP contribution in [0.1, 0.15) is 33.1 Å². The van der Waals surface area contributed by atoms with E-state index in [0.717, 1.165) is 17.6 Å². The molecule has 0 aromatic heterocycles. The minimum Gasteiger partial charge on any atom is -0.490 e. The maximum atomic E-state index is 6.03. The molecule has 0 bridgehead atoms. The van der Waals surface area contributed by atoms with Crippen LogP contribution in [0.15, 0.2) is 24.3 Å². The molecule has 0 radical (unpaired) electrons. The molecule has 0 saturated heterocycles. The zero-order valence-corrected chi connectivity index (χ0v) is 12.1. The Bertz CT molecular complexity index is 333. The second kappa shape index (κ2) is 5.39. The average Bonchev–Trinajstić information content (AvgIpc) is 2.27. The van der Waals surface area contributed by atoms with Crippen molar-refractivity contribution in [2.45, 2.75) is 39.2 Å². The minimum atomic E-state index is 0.422. The number of rotatable bonds is 2. The molecule has 0 heterocycles. The van der Waals surface area contributed by atoms with Gasteiger partial charge in [-0.15, -0.1) is 0 Å². The summed E-state index contributed by atoms with van der Waals surface area (Å²) in [6, 6.07) is 8.35. The van der Waals surface area contributed by atoms with E-state index in [0.29, 0.717) is 6.10 Å². The molecule has 1 saturated carbocycles. The number of halogens is 1. The van der Waals surface area contributed by atoms with Crippen molar-refractivity contribution in [3.8, 4) is 5.75 Å². The Morgan fingerprint density at radius 2 is 1.75 bits per heavy atom. The van der Waals surface area contributed by atoms with Crippen LogP contribution in [0.3, 0.4) is 0 Å². The van der Waals surface area contributed by atoms with Crippen molar-refractivity contribution in [1.29, 1.82) is 0 Å². The van der Waals surface area contributed by atoms with Gasteiger partial charge in [-0.2, -0.15) is 0 Å². The number of ether oxygens (including phenoxy) is 1. The lowest BCUT2D eigenvalue weighted by Crippen LogP contribution is -2.28. The van der Waals surface area contributed by atoms with E-state index in [9.17, 15) is 0 Å². The van der Waals surface area contributed by atoms with E-state index in [1.807, 2.05) is 0 Å². The highest BCUT2D eigenvalue weighted by molar-refractivity contribution is 14.1. The predicted molar refractivity (Wildman–Crippen MR) is 75.8 cm³/mol. The standard InChI is InChI=1S/C14H19IO/c1-10-3-6-14(9-11(10)2)16-13-7-4-12(15)5-8-13/h4-5,7-8,10-11,14H,3,6,9H2,1-2H3. The molecule has 3 atom stereocenters. The third-order valence-electron chi connectivity index (χ3n) is 3.67. The van der Waals surface area contributed by atoms with Crippen LogP contribution in [-0.2, 0) is 0 Å². The smallest absolute Gasteiger partial charge is 0.119 e. The second-order valence-corrected chi connectivity index (χ2v) is 6.21. The highest BCUT2D eigenvalue weighted by Gasteiger charge is 2.25. The van der Waals surface area contributed by atoms with Crippen molar-refractivity contribution in [1.82, 2.24) is 0 Å². The first-order chi connectivity index (χ1) is 7.65. The van der Waals surface area contributed by atoms with Gasteiger partial charge in [0.05, 0.1) is 6.10 Å². The Balaban J connectivity index is 1.93. The van der Waals surface area contributed by atoms with E-state index < -0.39 is 0 Å². The SMILES string of the molecule is CC1CCC(Oc2ccc(I)cc2)CC1C. The van der Waals surface area contributed by atoms with Gasteiger partial charge in [0, 0.05) is 3.57 Å². The van der Waals surface area contributed by atoms with Crippen LogP contribution < -0.4 is 4.74 Å². The van der Waals surface area contributed by atoms with E-state index in [1.54, 1.807) is 0 Å². The molecule has 0 aliphatic heterocycles. The Morgan fingerprint density at radius 3 is 2.38 bits per heavy atom. The molecule has 3 unspecified atom stereocenters. The number of hydrogen-bond acceptors (Lipinski definition) is 1. The monoisotopic (exact) mass is 330 g/mol. The third-order valence-corrected chi connectivity index (χ3v) is 4.39. The summed E-state index contributed by atoms with van der Waals surface area (Å²) < 4.78 is 7.29. The Kier molecular flexibility index (Phi) is 4.11. The van der Waals surface area contributed by atoms with Gasteiger partial charge in [-0.05, 0) is 78.0 Å². The highest BCUT2D eigenvalue weighted by Crippen LogP contribution is 2.31. The first kappa shape index (κ1) is 12.2. The normalized spacial score (nSPS) is 30.1. The van der Waals surface area contributed by atoms with Crippen molar-refractivity contribution < 1.29 is 4.74 Å². The van der Waals surface area contributed by atoms with Gasteiger partial charge in [-0.3, -0.25) is 0 Å². The Morgan fingerprint density at radius 1 is 1.06 bits per heavy atom. The summed E-state index contributed by atoms with van der Waals surface area (Å²) in [7, 11) is 0. The predicted octanol–water partition coefficient (Wildman–Crippen LogP) is 4.49. The van der Waals surface area contributed by atoms with Gasteiger partial charge >= 0.3 is 0 Å². The van der Waals surface area contributed by atoms with Crippen LogP contribution >= 0.6 is 22.6 Å². The van der Waals surface area contributed by atoms with E-state index in [1.165, 1.54) is 22.8 Å². The van der Waals surface area contributed by atoms with E-state index in [4.69, 9.17) is 4.74 Å². The first-order valence-electron chi connectivity index (χ1n) is 6.07. The van der Waals surface area contributed by atoms with Crippen LogP contribution in [0.25, 0.3) is 0 Å². The maximum absolute atomic E-state index is 6.03. The molecule has 1 aliphatic rings. The summed E-state index contributed by atoms with van der Waals surface area (Å²) in [4.78, 5) is 0. The van der Waals surface area contributed by atoms with E-state index in [-0.39, 0.29) is 0 Å². The second-order valence-electron chi connectivity index (χ2n) is 4.96. The number of benzene rings is 1. The maximum Gasteiger partial charge on any atom is 0.119 e. The molecular weight excluding hydrogens is 311 g/mol. The van der Waals surface area contributed by atoms with E-state index in [2.05, 4.69) is 60.7 Å². The van der Waals surface area contributed by atoms with Crippen molar-refractivity contribution in [3.05, 3.63) is 27.8 Å². The fraction of sp³-hybridized carbons (Fsp3) is 0.571. The molecule has 0 N–H and O–H groups in total. The van der Waals surface area contributed by atoms with E-state index >= 15 is 0 Å². The molecule has 2 heteroatoms. The van der Waals surface area contributed by atoms with Crippen molar-refractivity contribution in [2.75, 3.05) is 0 Å². The van der Waals surface area contributed by atoms with Gasteiger partial charge in [0.2, 0.25) is 0 Å². The largest absolute Gasteiger partial charge is 0.490 e. The summed E-state index contributed by atoms with van der Waals surface area (Å²) in [6.45, 7) is 4.69. The van der Waals surface area contributed by atoms with Gasteiger partial charge < -0.3 is 4.74 Å². The molecule has 1 fully saturated rings. The molecule has 0 spiro atoms. The van der Waals surface area contributed by atoms with Crippen LogP contribution in [0, 0.1) is 15.4 Å². The van der Waals surface area contributed by atoms with Crippen LogP contribution in [-0.4, -0.2) is 6.10 Å². The molecule has 2 rings (SSSR count). The third kappa shape index (κ3) is 3.12. The molecule has 1 aromatic carbocycles. The lowest BCUT2D eigenvalue weighted by atomic mass is 9.80. The van der Waals surface area contributed by atoms with Crippen molar-refractivity contribution >= 4 is 22.6 Å². The van der Waals surface area contributed by atoms with Crippen LogP contribution in [0.5, 0.6) is 5.75 Å². The van der Waals surface area contributed by atoms with Crippen molar-refractivity contribution in [3.63, 3.8) is 0 Å². The molecule has 16 heavy (non-hydrogen) atoms. The molecule has 1 aromatic rings. The fourth-order valence-electron chi connectivity index (χ4n) is 2.31. The van der Waals surface area contributed by atoms with Gasteiger partial charge in [-0.1, -0.05) is 13.8 Å². The average molecular weight is 330 g/mol. The molecule has 88 valence electrons. The topological polar surface area (TPSA) is 9.23 Å². The minimum absolute atomic E-state index is 0.422. The lowest BCUT2D eigenvalue weighted by Gasteiger charge is -2.32. The van der Waals surface area contributed by atoms with Crippen LogP contribution in [0.4, 0.5) is 0 Å². The summed E-state index contributed by atoms with van der Waals surface area (Å²) in [5.41, 5.74) is 0. The van der Waals surface area contributed by atoms with Gasteiger partial charge in [0.25, 0.3) is 0 Å². The fourth-order valence-corrected chi connectivity index (χ4v) is 2.67.